The summed E-state index contributed by atoms with van der Waals surface area (Å²) in [5, 5.41) is 26.7. The number of alkyl halides is 3. The molecule has 0 aromatic heterocycles. The third kappa shape index (κ3) is 13.4. The molecule has 0 aliphatic heterocycles. The van der Waals surface area contributed by atoms with E-state index in [2.05, 4.69) is 41.7 Å². The molecule has 0 bridgehead atoms. The number of benzene rings is 5. The number of nitrogens with one attached hydrogen (secondary N) is 4. The van der Waals surface area contributed by atoms with Crippen molar-refractivity contribution in [3.63, 3.8) is 0 Å². The van der Waals surface area contributed by atoms with Crippen molar-refractivity contribution >= 4 is 127 Å². The molecule has 0 spiro atoms. The van der Waals surface area contributed by atoms with Crippen LogP contribution in [0.1, 0.15) is 45.7 Å². The Labute approximate surface area is 385 Å². The molecule has 0 saturated heterocycles. The summed E-state index contributed by atoms with van der Waals surface area (Å²) < 4.78 is 5.48. The predicted molar refractivity (Wildman–Crippen MR) is 244 cm³/mol. The lowest BCUT2D eigenvalue weighted by atomic mass is 10.1. The highest BCUT2D eigenvalue weighted by atomic mass is 35.5. The second-order valence-electron chi connectivity index (χ2n) is 13.3. The van der Waals surface area contributed by atoms with Crippen molar-refractivity contribution in [3.05, 3.63) is 135 Å². The maximum atomic E-state index is 13.4. The van der Waals surface area contributed by atoms with Gasteiger partial charge in [-0.05, 0) is 97.8 Å². The summed E-state index contributed by atoms with van der Waals surface area (Å²) in [6, 6.07) is 22.7. The monoisotopic (exact) mass is 950 g/mol. The van der Waals surface area contributed by atoms with Gasteiger partial charge in [-0.25, -0.2) is 0 Å². The normalized spacial score (nSPS) is 12.0. The van der Waals surface area contributed by atoms with Crippen LogP contribution in [0.5, 0.6) is 5.75 Å². The van der Waals surface area contributed by atoms with Gasteiger partial charge in [-0.1, -0.05) is 59.1 Å². The van der Waals surface area contributed by atoms with Crippen LogP contribution in [-0.2, 0) is 30.9 Å². The Morgan fingerprint density at radius 2 is 1.02 bits per heavy atom. The molecule has 0 heterocycles. The van der Waals surface area contributed by atoms with Crippen LogP contribution in [0.2, 0.25) is 10.0 Å². The smallest absolute Gasteiger partial charge is 0.258 e. The topological polar surface area (TPSA) is 209 Å². The molecule has 5 aromatic rings. The second-order valence-corrected chi connectivity index (χ2v) is 14.9. The van der Waals surface area contributed by atoms with Crippen molar-refractivity contribution in [3.8, 4) is 5.75 Å². The lowest BCUT2D eigenvalue weighted by molar-refractivity contribution is -0.127. The first-order valence-corrected chi connectivity index (χ1v) is 20.8. The molecule has 0 aliphatic carbocycles. The van der Waals surface area contributed by atoms with Gasteiger partial charge in [0.25, 0.3) is 23.6 Å². The number of hydrogen-bond acceptors (Lipinski definition) is 11. The minimum absolute atomic E-state index is 0.0113. The Morgan fingerprint density at radius 1 is 0.556 bits per heavy atom. The van der Waals surface area contributed by atoms with Crippen molar-refractivity contribution in [2.24, 2.45) is 20.5 Å². The van der Waals surface area contributed by atoms with Gasteiger partial charge in [0, 0.05) is 46.0 Å². The van der Waals surface area contributed by atoms with Crippen LogP contribution in [0, 0.1) is 0 Å². The molecule has 4 amide bonds. The van der Waals surface area contributed by atoms with Gasteiger partial charge in [0.2, 0.25) is 12.1 Å². The number of hydrogen-bond donors (Lipinski definition) is 4. The first-order chi connectivity index (χ1) is 30.2. The zero-order chi connectivity index (χ0) is 45.6. The second kappa shape index (κ2) is 22.7. The van der Waals surface area contributed by atoms with Gasteiger partial charge < -0.3 is 26.0 Å². The van der Waals surface area contributed by atoms with E-state index in [9.17, 15) is 28.8 Å². The van der Waals surface area contributed by atoms with Crippen molar-refractivity contribution in [1.82, 2.24) is 0 Å². The summed E-state index contributed by atoms with van der Waals surface area (Å²) in [5.41, 5.74) is 3.14. The lowest BCUT2D eigenvalue weighted by Crippen LogP contribution is -2.32. The zero-order valence-corrected chi connectivity index (χ0v) is 36.9. The molecular formula is C43H35Cl5N8O7. The van der Waals surface area contributed by atoms with E-state index in [0.717, 1.165) is 25.0 Å². The Balaban J connectivity index is 1.27. The van der Waals surface area contributed by atoms with E-state index in [-0.39, 0.29) is 61.4 Å². The molecule has 5 rings (SSSR count). The maximum Gasteiger partial charge on any atom is 0.258 e. The molecule has 324 valence electrons. The van der Waals surface area contributed by atoms with E-state index in [1.54, 1.807) is 36.4 Å². The number of amides is 4. The number of azo groups is 2. The van der Waals surface area contributed by atoms with Crippen LogP contribution in [-0.4, -0.2) is 53.3 Å². The van der Waals surface area contributed by atoms with Gasteiger partial charge in [-0.3, -0.25) is 28.8 Å². The van der Waals surface area contributed by atoms with Gasteiger partial charge in [-0.2, -0.15) is 20.5 Å². The molecule has 4 N–H and O–H groups in total. The van der Waals surface area contributed by atoms with E-state index in [1.165, 1.54) is 54.6 Å². The fourth-order valence-electron chi connectivity index (χ4n) is 5.50. The molecule has 63 heavy (non-hydrogen) atoms. The number of Topliss-reactive ketones (excluding diaryl/α,β-unsaturated/α-hetero) is 2. The number of ketones is 2. The zero-order valence-electron chi connectivity index (χ0n) is 33.1. The minimum atomic E-state index is -1.67. The summed E-state index contributed by atoms with van der Waals surface area (Å²) in [6.45, 7) is 2.27. The molecule has 0 radical (unpaired) electrons. The summed E-state index contributed by atoms with van der Waals surface area (Å²) in [7, 11) is 0. The largest absolute Gasteiger partial charge is 0.476 e. The SMILES string of the molecule is CC(=O)C(N=Nc1cc(C(=O)Nc2cccc(CCl)c2)ccc1Cl)C(=O)Nc1ccc(NC(=O)C(N=Nc2cc(C(=O)Nc3cccc(CCl)c3)ccc2Cl)C(C)=O)c(OCCl)c1. The minimum Gasteiger partial charge on any atom is -0.476 e. The highest BCUT2D eigenvalue weighted by Crippen LogP contribution is 2.32. The highest BCUT2D eigenvalue weighted by Gasteiger charge is 2.27. The van der Waals surface area contributed by atoms with Gasteiger partial charge in [0.05, 0.1) is 15.7 Å². The molecule has 5 aromatic carbocycles. The quantitative estimate of drug-likeness (QED) is 0.0379. The van der Waals surface area contributed by atoms with Crippen molar-refractivity contribution in [1.29, 1.82) is 0 Å². The van der Waals surface area contributed by atoms with Crippen LogP contribution in [0.15, 0.2) is 124 Å². The lowest BCUT2D eigenvalue weighted by Gasteiger charge is -2.15. The number of nitrogens with zero attached hydrogens (tertiary/aromatic N) is 4. The Bertz CT molecular complexity index is 2630. The summed E-state index contributed by atoms with van der Waals surface area (Å²) >= 11 is 30.3. The molecule has 15 nitrogen and oxygen atoms in total. The van der Waals surface area contributed by atoms with Crippen LogP contribution < -0.4 is 26.0 Å². The van der Waals surface area contributed by atoms with E-state index in [4.69, 9.17) is 62.7 Å². The van der Waals surface area contributed by atoms with Crippen LogP contribution in [0.25, 0.3) is 0 Å². The van der Waals surface area contributed by atoms with Crippen LogP contribution >= 0.6 is 58.0 Å². The van der Waals surface area contributed by atoms with Crippen molar-refractivity contribution < 1.29 is 33.5 Å². The number of anilines is 4. The number of carbonyl (C=O) groups is 6. The van der Waals surface area contributed by atoms with Crippen molar-refractivity contribution in [2.75, 3.05) is 27.3 Å². The molecule has 2 atom stereocenters. The van der Waals surface area contributed by atoms with Crippen molar-refractivity contribution in [2.45, 2.75) is 37.7 Å². The molecule has 20 heteroatoms. The molecular weight excluding hydrogens is 918 g/mol. The number of ether oxygens (including phenoxy) is 1. The van der Waals surface area contributed by atoms with E-state index >= 15 is 0 Å². The Kier molecular flexibility index (Phi) is 17.3. The summed E-state index contributed by atoms with van der Waals surface area (Å²) in [4.78, 5) is 77.9. The first-order valence-electron chi connectivity index (χ1n) is 18.5. The number of rotatable bonds is 18. The van der Waals surface area contributed by atoms with E-state index < -0.39 is 53.3 Å². The average Bonchev–Trinajstić information content (AvgIpc) is 3.25. The maximum absolute atomic E-state index is 13.4. The van der Waals surface area contributed by atoms with Gasteiger partial charge >= 0.3 is 0 Å². The first kappa shape index (κ1) is 47.8. The standard InChI is InChI=1S/C43H35Cl5N8O7/c1-23(57)38(55-53-35-17-27(9-12-32(35)47)40(59)49-29-7-3-5-25(15-29)20-44)42(61)51-31-11-14-34(37(19-31)63-22-46)52-43(62)39(24(2)58)56-54-36-18-28(10-13-33(36)48)41(60)50-30-8-4-6-26(16-30)21-45/h3-19,38-39H,20-22H2,1-2H3,(H,49,59)(H,50,60)(H,51,61)(H,52,62). The number of halogens is 5. The van der Waals surface area contributed by atoms with Gasteiger partial charge in [0.15, 0.2) is 17.6 Å². The number of carbonyl (C=O) groups excluding carboxylic acids is 6. The molecule has 0 fully saturated rings. The van der Waals surface area contributed by atoms with Gasteiger partial charge in [-0.15, -0.1) is 23.2 Å². The summed E-state index contributed by atoms with van der Waals surface area (Å²) in [5.74, 6) is -3.63. The van der Waals surface area contributed by atoms with Crippen LogP contribution in [0.3, 0.4) is 0 Å². The molecule has 0 aliphatic rings. The fraction of sp³-hybridized carbons (Fsp3) is 0.163. The third-order valence-electron chi connectivity index (χ3n) is 8.64. The average molecular weight is 953 g/mol. The third-order valence-corrected chi connectivity index (χ3v) is 10.0. The Morgan fingerprint density at radius 3 is 1.46 bits per heavy atom. The fourth-order valence-corrected chi connectivity index (χ4v) is 6.26. The highest BCUT2D eigenvalue weighted by molar-refractivity contribution is 6.33. The van der Waals surface area contributed by atoms with Gasteiger partial charge in [0.1, 0.15) is 17.1 Å². The predicted octanol–water partition coefficient (Wildman–Crippen LogP) is 10.9. The van der Waals surface area contributed by atoms with E-state index in [0.29, 0.717) is 11.4 Å². The molecule has 2 unspecified atom stereocenters. The van der Waals surface area contributed by atoms with E-state index in [1.807, 2.05) is 12.1 Å². The Hall–Kier alpha value is -6.23. The van der Waals surface area contributed by atoms with Crippen LogP contribution in [0.4, 0.5) is 34.1 Å². The molecule has 0 saturated carbocycles. The summed E-state index contributed by atoms with van der Waals surface area (Å²) in [6.07, 6.45) is 0.